The third-order valence-corrected chi connectivity index (χ3v) is 4.37. The summed E-state index contributed by atoms with van der Waals surface area (Å²) in [6, 6.07) is 7.48. The molecule has 6 nitrogen and oxygen atoms in total. The minimum atomic E-state index is -0.523. The molecule has 1 aromatic heterocycles. The summed E-state index contributed by atoms with van der Waals surface area (Å²) in [5.41, 5.74) is 6.49. The van der Waals surface area contributed by atoms with Gasteiger partial charge in [0.25, 0.3) is 5.91 Å². The minimum absolute atomic E-state index is 0.0891. The van der Waals surface area contributed by atoms with Gasteiger partial charge in [-0.2, -0.15) is 0 Å². The van der Waals surface area contributed by atoms with Gasteiger partial charge in [0.2, 0.25) is 5.91 Å². The number of aromatic nitrogens is 1. The maximum atomic E-state index is 12.6. The Morgan fingerprint density at radius 3 is 2.58 bits per heavy atom. The Morgan fingerprint density at radius 2 is 2.00 bits per heavy atom. The Kier molecular flexibility index (Phi) is 6.31. The Bertz CT molecular complexity index is 697. The first-order valence-electron chi connectivity index (χ1n) is 7.72. The molecule has 0 aliphatic rings. The fourth-order valence-corrected chi connectivity index (χ4v) is 2.99. The fraction of sp³-hybridized carbons (Fsp3) is 0.353. The van der Waals surface area contributed by atoms with Crippen molar-refractivity contribution in [2.24, 2.45) is 5.73 Å². The van der Waals surface area contributed by atoms with Crippen LogP contribution in [0.1, 0.15) is 30.3 Å². The maximum absolute atomic E-state index is 12.6. The van der Waals surface area contributed by atoms with Gasteiger partial charge in [0.05, 0.1) is 13.7 Å². The van der Waals surface area contributed by atoms with Crippen LogP contribution in [0.2, 0.25) is 0 Å². The molecule has 0 radical (unpaired) electrons. The van der Waals surface area contributed by atoms with Crippen LogP contribution >= 0.6 is 11.3 Å². The van der Waals surface area contributed by atoms with Gasteiger partial charge in [-0.3, -0.25) is 9.59 Å². The first kappa shape index (κ1) is 17.9. The van der Waals surface area contributed by atoms with Crippen LogP contribution in [0.5, 0.6) is 5.75 Å². The van der Waals surface area contributed by atoms with Crippen LogP contribution in [-0.2, 0) is 4.79 Å². The Morgan fingerprint density at radius 1 is 1.29 bits per heavy atom. The summed E-state index contributed by atoms with van der Waals surface area (Å²) in [5, 5.41) is 2.46. The monoisotopic (exact) mass is 347 g/mol. The molecular formula is C17H21N3O3S. The summed E-state index contributed by atoms with van der Waals surface area (Å²) in [7, 11) is 1.61. The van der Waals surface area contributed by atoms with Gasteiger partial charge in [-0.25, -0.2) is 4.98 Å². The van der Waals surface area contributed by atoms with E-state index in [0.717, 1.165) is 29.2 Å². The minimum Gasteiger partial charge on any atom is -0.497 e. The number of rotatable bonds is 8. The van der Waals surface area contributed by atoms with Gasteiger partial charge in [-0.1, -0.05) is 13.3 Å². The number of nitrogens with two attached hydrogens (primary N) is 1. The average molecular weight is 347 g/mol. The highest BCUT2D eigenvalue weighted by Crippen LogP contribution is 2.26. The molecule has 2 rings (SSSR count). The predicted molar refractivity (Wildman–Crippen MR) is 94.1 cm³/mol. The summed E-state index contributed by atoms with van der Waals surface area (Å²) >= 11 is 1.39. The van der Waals surface area contributed by atoms with E-state index < -0.39 is 5.91 Å². The van der Waals surface area contributed by atoms with Crippen molar-refractivity contribution in [1.29, 1.82) is 0 Å². The number of thiazole rings is 1. The zero-order valence-corrected chi connectivity index (χ0v) is 14.6. The number of carbonyl (C=O) groups is 2. The largest absolute Gasteiger partial charge is 0.497 e. The van der Waals surface area contributed by atoms with E-state index in [1.807, 2.05) is 31.2 Å². The molecule has 1 heterocycles. The number of carbonyl (C=O) groups excluding carboxylic acids is 2. The molecular weight excluding hydrogens is 326 g/mol. The van der Waals surface area contributed by atoms with E-state index in [4.69, 9.17) is 10.5 Å². The molecule has 2 amide bonds. The van der Waals surface area contributed by atoms with Crippen LogP contribution in [0.15, 0.2) is 29.6 Å². The first-order valence-corrected chi connectivity index (χ1v) is 8.60. The first-order chi connectivity index (χ1) is 11.5. The van der Waals surface area contributed by atoms with Gasteiger partial charge in [0.15, 0.2) is 0 Å². The molecule has 24 heavy (non-hydrogen) atoms. The third kappa shape index (κ3) is 4.55. The van der Waals surface area contributed by atoms with Crippen LogP contribution in [-0.4, -0.2) is 41.9 Å². The summed E-state index contributed by atoms with van der Waals surface area (Å²) in [6.45, 7) is 2.43. The standard InChI is InChI=1S/C17H21N3O3S/c1-3-4-9-20(10-15(18)21)17(22)14-11-24-16(19-14)12-5-7-13(23-2)8-6-12/h5-8,11H,3-4,9-10H2,1-2H3,(H2,18,21). The Balaban J connectivity index is 2.17. The maximum Gasteiger partial charge on any atom is 0.273 e. The number of amides is 2. The lowest BCUT2D eigenvalue weighted by Crippen LogP contribution is -2.39. The third-order valence-electron chi connectivity index (χ3n) is 3.48. The highest BCUT2D eigenvalue weighted by atomic mass is 32.1. The summed E-state index contributed by atoms with van der Waals surface area (Å²) in [4.78, 5) is 29.6. The fourth-order valence-electron chi connectivity index (χ4n) is 2.19. The Hall–Kier alpha value is -2.41. The van der Waals surface area contributed by atoms with Crippen LogP contribution in [0.25, 0.3) is 10.6 Å². The molecule has 0 spiro atoms. The van der Waals surface area contributed by atoms with E-state index >= 15 is 0 Å². The smallest absolute Gasteiger partial charge is 0.273 e. The molecule has 2 N–H and O–H groups in total. The van der Waals surface area contributed by atoms with E-state index in [1.54, 1.807) is 12.5 Å². The molecule has 128 valence electrons. The molecule has 0 unspecified atom stereocenters. The zero-order valence-electron chi connectivity index (χ0n) is 13.8. The summed E-state index contributed by atoms with van der Waals surface area (Å²) in [5.74, 6) is -0.0258. The molecule has 0 saturated carbocycles. The molecule has 0 aliphatic heterocycles. The van der Waals surface area contributed by atoms with E-state index in [9.17, 15) is 9.59 Å². The lowest BCUT2D eigenvalue weighted by atomic mass is 10.2. The number of hydrogen-bond donors (Lipinski definition) is 1. The topological polar surface area (TPSA) is 85.5 Å². The lowest BCUT2D eigenvalue weighted by molar-refractivity contribution is -0.118. The number of unbranched alkanes of at least 4 members (excludes halogenated alkanes) is 1. The molecule has 0 bridgehead atoms. The average Bonchev–Trinajstić information content (AvgIpc) is 3.07. The van der Waals surface area contributed by atoms with E-state index in [1.165, 1.54) is 16.2 Å². The van der Waals surface area contributed by atoms with Crippen LogP contribution in [0, 0.1) is 0 Å². The highest BCUT2D eigenvalue weighted by Gasteiger charge is 2.20. The van der Waals surface area contributed by atoms with Crippen molar-refractivity contribution in [3.63, 3.8) is 0 Å². The van der Waals surface area contributed by atoms with Crippen molar-refractivity contribution < 1.29 is 14.3 Å². The van der Waals surface area contributed by atoms with E-state index in [2.05, 4.69) is 4.98 Å². The number of nitrogens with zero attached hydrogens (tertiary/aromatic N) is 2. The van der Waals surface area contributed by atoms with Gasteiger partial charge >= 0.3 is 0 Å². The van der Waals surface area contributed by atoms with E-state index in [-0.39, 0.29) is 12.5 Å². The molecule has 2 aromatic rings. The second kappa shape index (κ2) is 8.44. The van der Waals surface area contributed by atoms with Crippen molar-refractivity contribution in [2.75, 3.05) is 20.2 Å². The van der Waals surface area contributed by atoms with Crippen molar-refractivity contribution in [2.45, 2.75) is 19.8 Å². The highest BCUT2D eigenvalue weighted by molar-refractivity contribution is 7.13. The summed E-state index contributed by atoms with van der Waals surface area (Å²) in [6.07, 6.45) is 1.74. The van der Waals surface area contributed by atoms with Gasteiger partial charge in [0, 0.05) is 17.5 Å². The molecule has 0 aliphatic carbocycles. The second-order valence-corrected chi connectivity index (χ2v) is 6.17. The SMILES string of the molecule is CCCCN(CC(N)=O)C(=O)c1csc(-c2ccc(OC)cc2)n1. The molecule has 0 atom stereocenters. The molecule has 1 aromatic carbocycles. The van der Waals surface area contributed by atoms with Crippen LogP contribution in [0.3, 0.4) is 0 Å². The zero-order chi connectivity index (χ0) is 17.5. The second-order valence-electron chi connectivity index (χ2n) is 5.31. The van der Waals surface area contributed by atoms with Crippen molar-refractivity contribution in [1.82, 2.24) is 9.88 Å². The Labute approximate surface area is 145 Å². The van der Waals surface area contributed by atoms with Gasteiger partial charge < -0.3 is 15.4 Å². The van der Waals surface area contributed by atoms with Gasteiger partial charge in [-0.15, -0.1) is 11.3 Å². The molecule has 0 saturated heterocycles. The number of hydrogen-bond acceptors (Lipinski definition) is 5. The van der Waals surface area contributed by atoms with Crippen LogP contribution < -0.4 is 10.5 Å². The normalized spacial score (nSPS) is 10.4. The number of benzene rings is 1. The van der Waals surface area contributed by atoms with Crippen molar-refractivity contribution >= 4 is 23.2 Å². The summed E-state index contributed by atoms with van der Waals surface area (Å²) < 4.78 is 5.13. The van der Waals surface area contributed by atoms with Gasteiger partial charge in [0.1, 0.15) is 16.5 Å². The number of methoxy groups -OCH3 is 1. The quantitative estimate of drug-likeness (QED) is 0.795. The number of ether oxygens (including phenoxy) is 1. The number of primary amides is 1. The van der Waals surface area contributed by atoms with Crippen molar-refractivity contribution in [3.8, 4) is 16.3 Å². The lowest BCUT2D eigenvalue weighted by Gasteiger charge is -2.19. The molecule has 0 fully saturated rings. The van der Waals surface area contributed by atoms with Crippen molar-refractivity contribution in [3.05, 3.63) is 35.3 Å². The molecule has 7 heteroatoms. The van der Waals surface area contributed by atoms with Gasteiger partial charge in [-0.05, 0) is 30.7 Å². The van der Waals surface area contributed by atoms with Crippen LogP contribution in [0.4, 0.5) is 0 Å². The van der Waals surface area contributed by atoms with E-state index in [0.29, 0.717) is 12.2 Å². The predicted octanol–water partition coefficient (Wildman–Crippen LogP) is 2.55.